The molecule has 120 valence electrons. The van der Waals surface area contributed by atoms with E-state index >= 15 is 0 Å². The number of aliphatic carboxylic acids is 1. The van der Waals surface area contributed by atoms with Crippen molar-refractivity contribution < 1.29 is 19.4 Å². The summed E-state index contributed by atoms with van der Waals surface area (Å²) in [6.45, 7) is 1.23. The van der Waals surface area contributed by atoms with Crippen LogP contribution in [-0.2, 0) is 11.4 Å². The second-order valence-electron chi connectivity index (χ2n) is 5.47. The molecule has 0 saturated carbocycles. The SMILES string of the molecule is O=C(O)[C@H]1CCN(C(=O)c2cccc(OCc3cccs3)c2)C1. The average Bonchev–Trinajstić information content (AvgIpc) is 3.24. The number of benzene rings is 1. The molecule has 1 atom stereocenters. The number of hydrogen-bond donors (Lipinski definition) is 1. The zero-order valence-corrected chi connectivity index (χ0v) is 13.3. The molecule has 23 heavy (non-hydrogen) atoms. The molecule has 1 aromatic carbocycles. The van der Waals surface area contributed by atoms with Gasteiger partial charge in [-0.2, -0.15) is 0 Å². The van der Waals surface area contributed by atoms with Crippen molar-refractivity contribution in [1.29, 1.82) is 0 Å². The molecule has 0 radical (unpaired) electrons. The van der Waals surface area contributed by atoms with Crippen LogP contribution in [-0.4, -0.2) is 35.0 Å². The van der Waals surface area contributed by atoms with E-state index in [9.17, 15) is 9.59 Å². The van der Waals surface area contributed by atoms with E-state index in [-0.39, 0.29) is 12.5 Å². The fourth-order valence-electron chi connectivity index (χ4n) is 2.60. The molecule has 1 aromatic heterocycles. The molecule has 1 aliphatic heterocycles. The third-order valence-corrected chi connectivity index (χ3v) is 4.72. The number of likely N-dealkylation sites (tertiary alicyclic amines) is 1. The van der Waals surface area contributed by atoms with E-state index < -0.39 is 11.9 Å². The van der Waals surface area contributed by atoms with Crippen molar-refractivity contribution in [3.05, 3.63) is 52.2 Å². The third kappa shape index (κ3) is 3.71. The van der Waals surface area contributed by atoms with Crippen molar-refractivity contribution in [3.63, 3.8) is 0 Å². The third-order valence-electron chi connectivity index (χ3n) is 3.87. The van der Waals surface area contributed by atoms with Gasteiger partial charge >= 0.3 is 5.97 Å². The Morgan fingerprint density at radius 2 is 2.17 bits per heavy atom. The minimum atomic E-state index is -0.840. The van der Waals surface area contributed by atoms with E-state index in [1.54, 1.807) is 34.4 Å². The van der Waals surface area contributed by atoms with Crippen LogP contribution in [0.15, 0.2) is 41.8 Å². The van der Waals surface area contributed by atoms with Crippen LogP contribution in [0, 0.1) is 5.92 Å². The molecular weight excluding hydrogens is 314 g/mol. The number of hydrogen-bond acceptors (Lipinski definition) is 4. The number of carbonyl (C=O) groups excluding carboxylic acids is 1. The molecule has 0 unspecified atom stereocenters. The summed E-state index contributed by atoms with van der Waals surface area (Å²) in [5.41, 5.74) is 0.528. The highest BCUT2D eigenvalue weighted by Gasteiger charge is 2.31. The lowest BCUT2D eigenvalue weighted by Crippen LogP contribution is -2.29. The predicted molar refractivity (Wildman–Crippen MR) is 86.7 cm³/mol. The summed E-state index contributed by atoms with van der Waals surface area (Å²) in [6, 6.07) is 11.0. The summed E-state index contributed by atoms with van der Waals surface area (Å²) in [7, 11) is 0. The first-order valence-corrected chi connectivity index (χ1v) is 8.29. The van der Waals surface area contributed by atoms with Gasteiger partial charge in [0.25, 0.3) is 5.91 Å². The summed E-state index contributed by atoms with van der Waals surface area (Å²) in [6.07, 6.45) is 0.510. The fourth-order valence-corrected chi connectivity index (χ4v) is 3.21. The van der Waals surface area contributed by atoms with Gasteiger partial charge in [-0.15, -0.1) is 11.3 Å². The van der Waals surface area contributed by atoms with Crippen molar-refractivity contribution in [2.75, 3.05) is 13.1 Å². The largest absolute Gasteiger partial charge is 0.488 e. The molecule has 2 aromatic rings. The molecule has 0 spiro atoms. The van der Waals surface area contributed by atoms with Gasteiger partial charge in [-0.3, -0.25) is 9.59 Å². The molecule has 1 aliphatic rings. The van der Waals surface area contributed by atoms with Crippen LogP contribution in [0.4, 0.5) is 0 Å². The van der Waals surface area contributed by atoms with E-state index in [0.717, 1.165) is 4.88 Å². The van der Waals surface area contributed by atoms with Crippen molar-refractivity contribution in [3.8, 4) is 5.75 Å². The highest BCUT2D eigenvalue weighted by molar-refractivity contribution is 7.09. The van der Waals surface area contributed by atoms with Crippen LogP contribution in [0.5, 0.6) is 5.75 Å². The maximum absolute atomic E-state index is 12.5. The molecule has 1 saturated heterocycles. The molecular formula is C17H17NO4S. The molecule has 2 heterocycles. The van der Waals surface area contributed by atoms with Crippen LogP contribution in [0.3, 0.4) is 0 Å². The van der Waals surface area contributed by atoms with Gasteiger partial charge in [-0.05, 0) is 36.1 Å². The number of ether oxygens (including phenoxy) is 1. The molecule has 5 nitrogen and oxygen atoms in total. The Balaban J connectivity index is 1.65. The standard InChI is InChI=1S/C17H17NO4S/c19-16(18-7-6-13(10-18)17(20)21)12-3-1-4-14(9-12)22-11-15-5-2-8-23-15/h1-5,8-9,13H,6-7,10-11H2,(H,20,21)/t13-/m0/s1. The smallest absolute Gasteiger partial charge is 0.308 e. The Morgan fingerprint density at radius 3 is 2.87 bits per heavy atom. The van der Waals surface area contributed by atoms with E-state index in [0.29, 0.717) is 30.9 Å². The molecule has 0 bridgehead atoms. The van der Waals surface area contributed by atoms with Gasteiger partial charge in [0.05, 0.1) is 5.92 Å². The summed E-state index contributed by atoms with van der Waals surface area (Å²) < 4.78 is 5.71. The number of carboxylic acids is 1. The number of thiophene rings is 1. The van der Waals surface area contributed by atoms with E-state index in [1.165, 1.54) is 0 Å². The van der Waals surface area contributed by atoms with Crippen LogP contribution >= 0.6 is 11.3 Å². The van der Waals surface area contributed by atoms with Crippen LogP contribution in [0.25, 0.3) is 0 Å². The van der Waals surface area contributed by atoms with Crippen LogP contribution in [0.2, 0.25) is 0 Å². The fraction of sp³-hybridized carbons (Fsp3) is 0.294. The van der Waals surface area contributed by atoms with Crippen molar-refractivity contribution in [1.82, 2.24) is 4.90 Å². The molecule has 1 fully saturated rings. The van der Waals surface area contributed by atoms with Gasteiger partial charge < -0.3 is 14.7 Å². The monoisotopic (exact) mass is 331 g/mol. The Morgan fingerprint density at radius 1 is 1.30 bits per heavy atom. The van der Waals surface area contributed by atoms with E-state index in [1.807, 2.05) is 23.6 Å². The summed E-state index contributed by atoms with van der Waals surface area (Å²) >= 11 is 1.62. The zero-order valence-electron chi connectivity index (χ0n) is 12.5. The van der Waals surface area contributed by atoms with Crippen LogP contribution in [0.1, 0.15) is 21.7 Å². The second-order valence-corrected chi connectivity index (χ2v) is 6.50. The predicted octanol–water partition coefficient (Wildman–Crippen LogP) is 2.87. The second kappa shape index (κ2) is 6.83. The lowest BCUT2D eigenvalue weighted by Gasteiger charge is -2.16. The number of nitrogens with zero attached hydrogens (tertiary/aromatic N) is 1. The summed E-state index contributed by atoms with van der Waals surface area (Å²) in [5.74, 6) is -0.806. The highest BCUT2D eigenvalue weighted by atomic mass is 32.1. The minimum Gasteiger partial charge on any atom is -0.488 e. The van der Waals surface area contributed by atoms with Gasteiger partial charge in [0.2, 0.25) is 0 Å². The zero-order chi connectivity index (χ0) is 16.2. The number of amides is 1. The average molecular weight is 331 g/mol. The van der Waals surface area contributed by atoms with E-state index in [2.05, 4.69) is 0 Å². The first-order valence-electron chi connectivity index (χ1n) is 7.41. The van der Waals surface area contributed by atoms with Gasteiger partial charge in [0.1, 0.15) is 12.4 Å². The van der Waals surface area contributed by atoms with Crippen molar-refractivity contribution >= 4 is 23.2 Å². The lowest BCUT2D eigenvalue weighted by atomic mass is 10.1. The topological polar surface area (TPSA) is 66.8 Å². The summed E-state index contributed by atoms with van der Waals surface area (Å²) in [4.78, 5) is 26.2. The molecule has 1 N–H and O–H groups in total. The Hall–Kier alpha value is -2.34. The maximum atomic E-state index is 12.5. The van der Waals surface area contributed by atoms with E-state index in [4.69, 9.17) is 9.84 Å². The Bertz CT molecular complexity index is 698. The quantitative estimate of drug-likeness (QED) is 0.915. The van der Waals surface area contributed by atoms with Gasteiger partial charge in [0.15, 0.2) is 0 Å². The minimum absolute atomic E-state index is 0.143. The Kier molecular flexibility index (Phi) is 4.62. The molecule has 1 amide bonds. The maximum Gasteiger partial charge on any atom is 0.308 e. The number of rotatable bonds is 5. The first-order chi connectivity index (χ1) is 11.1. The Labute approximate surface area is 138 Å². The molecule has 6 heteroatoms. The van der Waals surface area contributed by atoms with Crippen molar-refractivity contribution in [2.45, 2.75) is 13.0 Å². The van der Waals surface area contributed by atoms with Crippen molar-refractivity contribution in [2.24, 2.45) is 5.92 Å². The number of carbonyl (C=O) groups is 2. The molecule has 0 aliphatic carbocycles. The van der Waals surface area contributed by atoms with Gasteiger partial charge in [0, 0.05) is 23.5 Å². The first kappa shape index (κ1) is 15.6. The summed E-state index contributed by atoms with van der Waals surface area (Å²) in [5, 5.41) is 11.0. The normalized spacial score (nSPS) is 17.2. The molecule has 3 rings (SSSR count). The lowest BCUT2D eigenvalue weighted by molar-refractivity contribution is -0.141. The van der Waals surface area contributed by atoms with Gasteiger partial charge in [-0.25, -0.2) is 0 Å². The van der Waals surface area contributed by atoms with Gasteiger partial charge in [-0.1, -0.05) is 12.1 Å². The number of carboxylic acid groups (broad SMARTS) is 1. The van der Waals surface area contributed by atoms with Crippen LogP contribution < -0.4 is 4.74 Å². The highest BCUT2D eigenvalue weighted by Crippen LogP contribution is 2.22.